The van der Waals surface area contributed by atoms with Crippen LogP contribution >= 0.6 is 0 Å². The molecule has 0 saturated carbocycles. The van der Waals surface area contributed by atoms with Crippen molar-refractivity contribution in [1.82, 2.24) is 4.57 Å². The van der Waals surface area contributed by atoms with E-state index in [1.165, 1.54) is 12.8 Å². The molecule has 1 aromatic rings. The van der Waals surface area contributed by atoms with Crippen LogP contribution in [0.4, 0.5) is 0 Å². The number of aromatic nitrogens is 1. The lowest BCUT2D eigenvalue weighted by Crippen LogP contribution is -2.02. The second-order valence-electron chi connectivity index (χ2n) is 3.45. The highest BCUT2D eigenvalue weighted by molar-refractivity contribution is 5.72. The maximum Gasteiger partial charge on any atom is 0.166 e. The van der Waals surface area contributed by atoms with Gasteiger partial charge in [0.05, 0.1) is 5.69 Å². The Kier molecular flexibility index (Phi) is 5.00. The first-order chi connectivity index (χ1) is 6.88. The molecule has 0 spiro atoms. The van der Waals surface area contributed by atoms with Crippen LogP contribution in [0.5, 0.6) is 0 Å². The third kappa shape index (κ3) is 3.34. The van der Waals surface area contributed by atoms with Gasteiger partial charge in [0.15, 0.2) is 6.29 Å². The first-order valence-corrected chi connectivity index (χ1v) is 5.19. The minimum Gasteiger partial charge on any atom is -0.345 e. The van der Waals surface area contributed by atoms with E-state index in [1.807, 2.05) is 22.9 Å². The molecule has 2 N–H and O–H groups in total. The van der Waals surface area contributed by atoms with Crippen molar-refractivity contribution in [2.45, 2.75) is 32.2 Å². The van der Waals surface area contributed by atoms with E-state index in [0.29, 0.717) is 0 Å². The number of hydrogen-bond acceptors (Lipinski definition) is 2. The molecule has 0 aromatic carbocycles. The van der Waals surface area contributed by atoms with Gasteiger partial charge in [0.25, 0.3) is 0 Å². The highest BCUT2D eigenvalue weighted by Gasteiger charge is 1.97. The second kappa shape index (κ2) is 6.38. The van der Waals surface area contributed by atoms with Crippen molar-refractivity contribution in [3.63, 3.8) is 0 Å². The fraction of sp³-hybridized carbons (Fsp3) is 0.545. The summed E-state index contributed by atoms with van der Waals surface area (Å²) in [5.41, 5.74) is 6.17. The number of aldehydes is 1. The molecule has 0 amide bonds. The molecule has 0 bridgehead atoms. The summed E-state index contributed by atoms with van der Waals surface area (Å²) in [6, 6.07) is 3.75. The van der Waals surface area contributed by atoms with Crippen LogP contribution in [0, 0.1) is 0 Å². The number of carbonyl (C=O) groups excluding carboxylic acids is 1. The van der Waals surface area contributed by atoms with Gasteiger partial charge >= 0.3 is 0 Å². The molecule has 1 heterocycles. The highest BCUT2D eigenvalue weighted by atomic mass is 16.1. The van der Waals surface area contributed by atoms with E-state index in [2.05, 4.69) is 0 Å². The van der Waals surface area contributed by atoms with Crippen LogP contribution in [0.1, 0.15) is 36.2 Å². The number of hydrogen-bond donors (Lipinski definition) is 1. The maximum absolute atomic E-state index is 10.6. The van der Waals surface area contributed by atoms with E-state index >= 15 is 0 Å². The van der Waals surface area contributed by atoms with Crippen LogP contribution < -0.4 is 5.73 Å². The molecule has 0 aliphatic carbocycles. The van der Waals surface area contributed by atoms with Gasteiger partial charge in [0, 0.05) is 12.7 Å². The minimum atomic E-state index is 0.767. The SMILES string of the molecule is NCCCCCCn1cccc1C=O. The Balaban J connectivity index is 2.21. The van der Waals surface area contributed by atoms with Crippen molar-refractivity contribution in [3.05, 3.63) is 24.0 Å². The van der Waals surface area contributed by atoms with Crippen LogP contribution in [0.15, 0.2) is 18.3 Å². The van der Waals surface area contributed by atoms with Crippen molar-refractivity contribution in [2.24, 2.45) is 5.73 Å². The van der Waals surface area contributed by atoms with E-state index in [9.17, 15) is 4.79 Å². The summed E-state index contributed by atoms with van der Waals surface area (Å²) in [7, 11) is 0. The molecule has 3 nitrogen and oxygen atoms in total. The Bertz CT molecular complexity index is 268. The molecule has 14 heavy (non-hydrogen) atoms. The van der Waals surface area contributed by atoms with Gasteiger partial charge in [0.2, 0.25) is 0 Å². The predicted molar refractivity (Wildman–Crippen MR) is 57.3 cm³/mol. The Labute approximate surface area is 84.9 Å². The van der Waals surface area contributed by atoms with Crippen LogP contribution in [0.2, 0.25) is 0 Å². The standard InChI is InChI=1S/C11H18N2O/c12-7-3-1-2-4-8-13-9-5-6-11(13)10-14/h5-6,9-10H,1-4,7-8,12H2. The largest absolute Gasteiger partial charge is 0.345 e. The molecular formula is C11H18N2O. The Hall–Kier alpha value is -1.09. The zero-order chi connectivity index (χ0) is 10.2. The van der Waals surface area contributed by atoms with E-state index in [4.69, 9.17) is 5.73 Å². The lowest BCUT2D eigenvalue weighted by atomic mass is 10.2. The van der Waals surface area contributed by atoms with Gasteiger partial charge in [-0.15, -0.1) is 0 Å². The van der Waals surface area contributed by atoms with Gasteiger partial charge < -0.3 is 10.3 Å². The summed E-state index contributed by atoms with van der Waals surface area (Å²) < 4.78 is 2.00. The van der Waals surface area contributed by atoms with E-state index in [0.717, 1.165) is 37.9 Å². The molecular weight excluding hydrogens is 176 g/mol. The third-order valence-electron chi connectivity index (χ3n) is 2.34. The molecule has 0 atom stereocenters. The van der Waals surface area contributed by atoms with Gasteiger partial charge in [-0.1, -0.05) is 12.8 Å². The highest BCUT2D eigenvalue weighted by Crippen LogP contribution is 2.04. The molecule has 1 rings (SSSR count). The molecule has 0 saturated heterocycles. The van der Waals surface area contributed by atoms with Crippen LogP contribution in [-0.2, 0) is 6.54 Å². The lowest BCUT2D eigenvalue weighted by Gasteiger charge is -2.04. The molecule has 0 aliphatic rings. The van der Waals surface area contributed by atoms with E-state index < -0.39 is 0 Å². The van der Waals surface area contributed by atoms with Gasteiger partial charge in [-0.2, -0.15) is 0 Å². The molecule has 0 aliphatic heterocycles. The number of aryl methyl sites for hydroxylation is 1. The smallest absolute Gasteiger partial charge is 0.166 e. The summed E-state index contributed by atoms with van der Waals surface area (Å²) in [5, 5.41) is 0. The van der Waals surface area contributed by atoms with Crippen molar-refractivity contribution in [3.8, 4) is 0 Å². The topological polar surface area (TPSA) is 48.0 Å². The molecule has 78 valence electrons. The fourth-order valence-electron chi connectivity index (χ4n) is 1.52. The summed E-state index contributed by atoms with van der Waals surface area (Å²) in [4.78, 5) is 10.6. The maximum atomic E-state index is 10.6. The zero-order valence-electron chi connectivity index (χ0n) is 8.48. The number of rotatable bonds is 7. The van der Waals surface area contributed by atoms with Crippen molar-refractivity contribution >= 4 is 6.29 Å². The van der Waals surface area contributed by atoms with Crippen LogP contribution in [-0.4, -0.2) is 17.4 Å². The fourth-order valence-corrected chi connectivity index (χ4v) is 1.52. The van der Waals surface area contributed by atoms with Gasteiger partial charge in [-0.3, -0.25) is 4.79 Å². The van der Waals surface area contributed by atoms with Crippen molar-refractivity contribution in [2.75, 3.05) is 6.54 Å². The number of nitrogens with zero attached hydrogens (tertiary/aromatic N) is 1. The second-order valence-corrected chi connectivity index (χ2v) is 3.45. The number of nitrogens with two attached hydrogens (primary N) is 1. The lowest BCUT2D eigenvalue weighted by molar-refractivity contribution is 0.111. The van der Waals surface area contributed by atoms with Gasteiger partial charge in [-0.05, 0) is 31.5 Å². The molecule has 0 unspecified atom stereocenters. The summed E-state index contributed by atoms with van der Waals surface area (Å²) in [6.07, 6.45) is 7.45. The summed E-state index contributed by atoms with van der Waals surface area (Å²) in [5.74, 6) is 0. The Morgan fingerprint density at radius 2 is 2.07 bits per heavy atom. The van der Waals surface area contributed by atoms with Crippen molar-refractivity contribution in [1.29, 1.82) is 0 Å². The average Bonchev–Trinajstić information content (AvgIpc) is 2.65. The molecule has 3 heteroatoms. The third-order valence-corrected chi connectivity index (χ3v) is 2.34. The Morgan fingerprint density at radius 1 is 1.29 bits per heavy atom. The minimum absolute atomic E-state index is 0.767. The van der Waals surface area contributed by atoms with Crippen molar-refractivity contribution < 1.29 is 4.79 Å². The molecule has 1 aromatic heterocycles. The first-order valence-electron chi connectivity index (χ1n) is 5.19. The van der Waals surface area contributed by atoms with Crippen LogP contribution in [0.3, 0.4) is 0 Å². The Morgan fingerprint density at radius 3 is 2.79 bits per heavy atom. The zero-order valence-corrected chi connectivity index (χ0v) is 8.48. The normalized spacial score (nSPS) is 10.4. The monoisotopic (exact) mass is 194 g/mol. The van der Waals surface area contributed by atoms with Crippen LogP contribution in [0.25, 0.3) is 0 Å². The van der Waals surface area contributed by atoms with Gasteiger partial charge in [0.1, 0.15) is 0 Å². The number of carbonyl (C=O) groups is 1. The van der Waals surface area contributed by atoms with E-state index in [-0.39, 0.29) is 0 Å². The van der Waals surface area contributed by atoms with E-state index in [1.54, 1.807) is 0 Å². The first kappa shape index (κ1) is 11.0. The summed E-state index contributed by atoms with van der Waals surface area (Å²) >= 11 is 0. The van der Waals surface area contributed by atoms with Gasteiger partial charge in [-0.25, -0.2) is 0 Å². The average molecular weight is 194 g/mol. The predicted octanol–water partition coefficient (Wildman–Crippen LogP) is 1.82. The number of unbranched alkanes of at least 4 members (excludes halogenated alkanes) is 3. The molecule has 0 radical (unpaired) electrons. The quantitative estimate of drug-likeness (QED) is 0.531. The summed E-state index contributed by atoms with van der Waals surface area (Å²) in [6.45, 7) is 1.72. The molecule has 0 fully saturated rings.